The van der Waals surface area contributed by atoms with Crippen LogP contribution in [0.25, 0.3) is 0 Å². The Morgan fingerprint density at radius 3 is 1.20 bits per heavy atom. The van der Waals surface area contributed by atoms with Crippen molar-refractivity contribution in [3.63, 3.8) is 0 Å². The maximum atomic E-state index is 2.34. The molecule has 0 saturated heterocycles. The van der Waals surface area contributed by atoms with Gasteiger partial charge in [0.2, 0.25) is 0 Å². The lowest BCUT2D eigenvalue weighted by atomic mass is 10.4. The van der Waals surface area contributed by atoms with Crippen molar-refractivity contribution in [1.29, 1.82) is 0 Å². The molecule has 0 aromatic heterocycles. The smallest absolute Gasteiger partial charge is 0.0230 e. The molecule has 0 spiro atoms. The molecule has 0 amide bonds. The van der Waals surface area contributed by atoms with E-state index in [1.54, 1.807) is 0 Å². The summed E-state index contributed by atoms with van der Waals surface area (Å²) < 4.78 is 9.36. The van der Waals surface area contributed by atoms with Crippen LogP contribution >= 0.6 is 42.4 Å². The molecule has 0 atom stereocenters. The molecule has 1 heterocycles. The van der Waals surface area contributed by atoms with Crippen molar-refractivity contribution in [1.82, 2.24) is 0 Å². The molecule has 1 aliphatic heterocycles. The molecule has 2 heteroatoms. The van der Waals surface area contributed by atoms with Gasteiger partial charge in [0, 0.05) is 0 Å². The molecular weight excluding hydrogens is 350 g/mol. The third kappa shape index (κ3) is 8.94. The molecule has 2 radical (unpaired) electrons. The van der Waals surface area contributed by atoms with Crippen LogP contribution in [0.4, 0.5) is 0 Å². The molecule has 60 valence electrons. The summed E-state index contributed by atoms with van der Waals surface area (Å²) in [6, 6.07) is 0. The Balaban J connectivity index is 0.000000180. The summed E-state index contributed by atoms with van der Waals surface area (Å²) in [7, 11) is 0. The van der Waals surface area contributed by atoms with E-state index in [0.29, 0.717) is 42.4 Å². The largest absolute Gasteiger partial charge is 0.0928 e. The van der Waals surface area contributed by atoms with Gasteiger partial charge in [-0.05, 0) is 16.3 Å². The fourth-order valence-electron chi connectivity index (χ4n) is 0.194. The lowest BCUT2D eigenvalue weighted by molar-refractivity contribution is 0.886. The van der Waals surface area contributed by atoms with Gasteiger partial charge in [0.1, 0.15) is 0 Å². The average Bonchev–Trinajstić information content (AvgIpc) is 2.08. The second-order valence-electron chi connectivity index (χ2n) is 1.76. The van der Waals surface area contributed by atoms with Gasteiger partial charge in [0.05, 0.1) is 0 Å². The Kier molecular flexibility index (Phi) is 10.9. The fourth-order valence-corrected chi connectivity index (χ4v) is 5.51. The Morgan fingerprint density at radius 2 is 1.10 bits per heavy atom. The zero-order chi connectivity index (χ0) is 7.66. The predicted octanol–water partition coefficient (Wildman–Crippen LogP) is 4.69. The summed E-state index contributed by atoms with van der Waals surface area (Å²) in [5, 5.41) is 0. The van der Waals surface area contributed by atoms with Crippen LogP contribution in [0.5, 0.6) is 0 Å². The molecule has 0 unspecified atom stereocenters. The summed E-state index contributed by atoms with van der Waals surface area (Å²) in [5.41, 5.74) is 0. The van der Waals surface area contributed by atoms with Crippen LogP contribution in [-0.4, -0.2) is 0 Å². The van der Waals surface area contributed by atoms with E-state index in [4.69, 9.17) is 0 Å². The average molecular weight is 364 g/mol. The molecule has 10 heavy (non-hydrogen) atoms. The first-order chi connectivity index (χ1) is 4.91. The molecule has 1 aliphatic rings. The Bertz CT molecular complexity index is 83.8. The van der Waals surface area contributed by atoms with Gasteiger partial charge < -0.3 is 0 Å². The maximum absolute atomic E-state index is 2.34. The van der Waals surface area contributed by atoms with E-state index in [2.05, 4.69) is 30.2 Å². The van der Waals surface area contributed by atoms with Crippen molar-refractivity contribution < 1.29 is 0 Å². The predicted molar refractivity (Wildman–Crippen MR) is 66.9 cm³/mol. The first-order valence-corrected chi connectivity index (χ1v) is 8.44. The molecule has 0 aromatic carbocycles. The molecule has 0 bridgehead atoms. The van der Waals surface area contributed by atoms with Crippen molar-refractivity contribution in [3.05, 3.63) is 16.3 Å². The second kappa shape index (κ2) is 9.94. The van der Waals surface area contributed by atoms with E-state index in [-0.39, 0.29) is 0 Å². The monoisotopic (exact) mass is 364 g/mol. The lowest BCUT2D eigenvalue weighted by Crippen LogP contribution is -1.47. The van der Waals surface area contributed by atoms with E-state index >= 15 is 0 Å². The number of rotatable bonds is 1. The Morgan fingerprint density at radius 1 is 0.800 bits per heavy atom. The zero-order valence-electron chi connectivity index (χ0n) is 6.48. The minimum absolute atomic E-state index is 0.381. The topological polar surface area (TPSA) is 0 Å². The molecule has 0 N–H and O–H groups in total. The van der Waals surface area contributed by atoms with E-state index in [9.17, 15) is 0 Å². The summed E-state index contributed by atoms with van der Waals surface area (Å²) in [6.45, 7) is 4.36. The van der Waals surface area contributed by atoms with Crippen molar-refractivity contribution in [2.75, 3.05) is 0 Å². The van der Waals surface area contributed by atoms with Gasteiger partial charge in [0.15, 0.2) is 0 Å². The van der Waals surface area contributed by atoms with Gasteiger partial charge in [-0.2, -0.15) is 0 Å². The third-order valence-electron chi connectivity index (χ3n) is 0.886. The van der Waals surface area contributed by atoms with Crippen molar-refractivity contribution >= 4 is 42.4 Å². The molecule has 0 nitrogen and oxygen atoms in total. The van der Waals surface area contributed by atoms with E-state index in [1.807, 2.05) is 0 Å². The maximum Gasteiger partial charge on any atom is -0.0230 e. The number of unbranched alkanes of at least 4 members (excludes halogenated alkanes) is 1. The fraction of sp³-hybridized carbons (Fsp3) is 0.500. The summed E-state index contributed by atoms with van der Waals surface area (Å²) in [4.78, 5) is 0. The number of hydrogen-bond acceptors (Lipinski definition) is 0. The quantitative estimate of drug-likeness (QED) is 0.593. The van der Waals surface area contributed by atoms with Crippen LogP contribution in [0.2, 0.25) is 0 Å². The third-order valence-corrected chi connectivity index (χ3v) is 6.74. The highest BCUT2D eigenvalue weighted by atomic mass is 127. The molecule has 0 saturated carbocycles. The van der Waals surface area contributed by atoms with Gasteiger partial charge >= 0.3 is 0 Å². The molecule has 0 aliphatic carbocycles. The SMILES string of the molecule is C1=C[I]C=C[I]1.CCCC. The lowest BCUT2D eigenvalue weighted by Gasteiger charge is -1.86. The van der Waals surface area contributed by atoms with E-state index in [1.165, 1.54) is 12.8 Å². The highest BCUT2D eigenvalue weighted by Gasteiger charge is 1.77. The highest BCUT2D eigenvalue weighted by molar-refractivity contribution is 14.2. The van der Waals surface area contributed by atoms with Crippen LogP contribution in [0.1, 0.15) is 26.7 Å². The number of hydrogen-bond donors (Lipinski definition) is 0. The van der Waals surface area contributed by atoms with Crippen LogP contribution < -0.4 is 0 Å². The molecule has 0 fully saturated rings. The number of halogens is 2. The highest BCUT2D eigenvalue weighted by Crippen LogP contribution is 2.29. The van der Waals surface area contributed by atoms with E-state index in [0.717, 1.165) is 0 Å². The molecule has 0 aromatic rings. The van der Waals surface area contributed by atoms with Crippen LogP contribution in [0.3, 0.4) is 0 Å². The summed E-state index contributed by atoms with van der Waals surface area (Å²) in [5.74, 6) is 0. The van der Waals surface area contributed by atoms with Gasteiger partial charge in [-0.3, -0.25) is 0 Å². The Labute approximate surface area is 84.7 Å². The zero-order valence-corrected chi connectivity index (χ0v) is 10.8. The van der Waals surface area contributed by atoms with Crippen LogP contribution in [-0.2, 0) is 0 Å². The van der Waals surface area contributed by atoms with Gasteiger partial charge in [-0.15, -0.1) is 0 Å². The Hall–Kier alpha value is 0.940. The van der Waals surface area contributed by atoms with Gasteiger partial charge in [-0.1, -0.05) is 69.1 Å². The molecule has 1 rings (SSSR count). The van der Waals surface area contributed by atoms with Crippen molar-refractivity contribution in [2.45, 2.75) is 26.7 Å². The normalized spacial score (nSPS) is 14.2. The van der Waals surface area contributed by atoms with E-state index < -0.39 is 0 Å². The van der Waals surface area contributed by atoms with Crippen LogP contribution in [0.15, 0.2) is 16.3 Å². The van der Waals surface area contributed by atoms with Gasteiger partial charge in [0.25, 0.3) is 0 Å². The first-order valence-electron chi connectivity index (χ1n) is 3.45. The van der Waals surface area contributed by atoms with Crippen molar-refractivity contribution in [3.8, 4) is 0 Å². The van der Waals surface area contributed by atoms with Gasteiger partial charge in [-0.25, -0.2) is 0 Å². The van der Waals surface area contributed by atoms with Crippen LogP contribution in [0, 0.1) is 0 Å². The minimum atomic E-state index is 0.381. The minimum Gasteiger partial charge on any atom is -0.0928 e. The summed E-state index contributed by atoms with van der Waals surface area (Å²) in [6.07, 6.45) is 2.64. The van der Waals surface area contributed by atoms with Crippen molar-refractivity contribution in [2.24, 2.45) is 0 Å². The standard InChI is InChI=1S/C4H4I2.C4H10/c1-2-6-4-3-5-1;1-3-4-2/h1-4H;3-4H2,1-2H3. The second-order valence-corrected chi connectivity index (χ2v) is 6.07. The summed E-state index contributed by atoms with van der Waals surface area (Å²) >= 11 is 0.762. The molecular formula is C8H14I2. The first kappa shape index (κ1) is 10.9.